The molecule has 0 bridgehead atoms. The molecule has 0 saturated carbocycles. The Hall–Kier alpha value is -2.22. The van der Waals surface area contributed by atoms with E-state index in [2.05, 4.69) is 41.0 Å². The van der Waals surface area contributed by atoms with Gasteiger partial charge in [-0.1, -0.05) is 51.1 Å². The van der Waals surface area contributed by atoms with Crippen LogP contribution in [0.2, 0.25) is 5.28 Å². The molecule has 2 heterocycles. The molecule has 41 heavy (non-hydrogen) atoms. The van der Waals surface area contributed by atoms with E-state index in [1.807, 2.05) is 24.3 Å². The van der Waals surface area contributed by atoms with Crippen LogP contribution in [0, 0.1) is 0 Å². The van der Waals surface area contributed by atoms with Crippen molar-refractivity contribution in [1.29, 1.82) is 0 Å². The maximum absolute atomic E-state index is 11.9. The number of hydrogen-bond acceptors (Lipinski definition) is 10. The lowest BCUT2D eigenvalue weighted by Gasteiger charge is -2.26. The SMILES string of the molecule is C/C=C(/COP(=O)(O)CP(=O)(O)O)[C@@H](O)[C@@H](O)[C@@H](O)n1cnc2c(NCc3ccc(C(C)(C)C)cc3)nc(Cl)nc21. The summed E-state index contributed by atoms with van der Waals surface area (Å²) in [6.07, 6.45) is -3.10. The number of nitrogens with one attached hydrogen (secondary N) is 1. The van der Waals surface area contributed by atoms with Gasteiger partial charge in [0.2, 0.25) is 5.28 Å². The molecule has 14 nitrogen and oxygen atoms in total. The van der Waals surface area contributed by atoms with Gasteiger partial charge in [0, 0.05) is 6.54 Å². The van der Waals surface area contributed by atoms with E-state index in [0.29, 0.717) is 6.54 Å². The van der Waals surface area contributed by atoms with E-state index in [-0.39, 0.29) is 33.3 Å². The number of aromatic nitrogens is 4. The fourth-order valence-corrected chi connectivity index (χ4v) is 6.56. The quantitative estimate of drug-likeness (QED) is 0.0867. The normalized spacial score (nSPS) is 16.8. The Morgan fingerprint density at radius 2 is 1.76 bits per heavy atom. The minimum Gasteiger partial charge on any atom is -0.386 e. The van der Waals surface area contributed by atoms with E-state index < -0.39 is 46.1 Å². The van der Waals surface area contributed by atoms with Gasteiger partial charge in [0.25, 0.3) is 0 Å². The van der Waals surface area contributed by atoms with Crippen LogP contribution in [-0.4, -0.2) is 74.2 Å². The molecule has 7 N–H and O–H groups in total. The first-order valence-corrected chi connectivity index (χ1v) is 16.3. The zero-order chi connectivity index (χ0) is 30.8. The summed E-state index contributed by atoms with van der Waals surface area (Å²) in [5.41, 5.74) is 2.31. The molecule has 1 unspecified atom stereocenters. The number of aliphatic hydroxyl groups excluding tert-OH is 3. The Kier molecular flexibility index (Phi) is 10.5. The fourth-order valence-electron chi connectivity index (χ4n) is 3.85. The van der Waals surface area contributed by atoms with E-state index in [4.69, 9.17) is 25.9 Å². The van der Waals surface area contributed by atoms with Gasteiger partial charge in [-0.05, 0) is 40.6 Å². The monoisotopic (exact) mass is 633 g/mol. The van der Waals surface area contributed by atoms with Crippen LogP contribution < -0.4 is 5.32 Å². The van der Waals surface area contributed by atoms with E-state index in [1.54, 1.807) is 0 Å². The topological polar surface area (TPSA) is 220 Å². The summed E-state index contributed by atoms with van der Waals surface area (Å²) in [7, 11) is -9.58. The van der Waals surface area contributed by atoms with Gasteiger partial charge in [0.05, 0.1) is 12.9 Å². The largest absolute Gasteiger partial charge is 0.386 e. The highest BCUT2D eigenvalue weighted by Crippen LogP contribution is 2.55. The number of aliphatic hydroxyl groups is 3. The Labute approximate surface area is 241 Å². The highest BCUT2D eigenvalue weighted by Gasteiger charge is 2.34. The molecule has 0 aliphatic carbocycles. The lowest BCUT2D eigenvalue weighted by Crippen LogP contribution is -2.37. The minimum absolute atomic E-state index is 0.0112. The second kappa shape index (κ2) is 13.0. The van der Waals surface area contributed by atoms with Crippen molar-refractivity contribution in [3.05, 3.63) is 58.7 Å². The molecule has 0 saturated heterocycles. The molecule has 0 amide bonds. The number of nitrogens with zero attached hydrogens (tertiary/aromatic N) is 4. The Morgan fingerprint density at radius 1 is 1.12 bits per heavy atom. The van der Waals surface area contributed by atoms with Gasteiger partial charge in [-0.15, -0.1) is 0 Å². The number of hydrogen-bond donors (Lipinski definition) is 7. The zero-order valence-electron chi connectivity index (χ0n) is 22.8. The van der Waals surface area contributed by atoms with E-state index in [0.717, 1.165) is 10.1 Å². The lowest BCUT2D eigenvalue weighted by molar-refractivity contribution is -0.0795. The standard InChI is InChI=1S/C24H34ClN5O9P2/c1-5-15(11-39-41(37,38)13-40(34,35)36)18(31)19(32)22(33)30-12-27-17-20(28-23(25)29-21(17)30)26-10-14-6-8-16(9-7-14)24(2,3)4/h5-9,12,18-19,22,31-33H,10-11,13H2,1-4H3,(H,37,38)(H,26,28,29)(H2,34,35,36)/b15-5-/t18-,19-,22-/m1/s1. The van der Waals surface area contributed by atoms with Crippen molar-refractivity contribution in [2.45, 2.75) is 58.1 Å². The molecule has 0 spiro atoms. The number of benzene rings is 1. The molecule has 3 aromatic rings. The molecule has 226 valence electrons. The highest BCUT2D eigenvalue weighted by atomic mass is 35.5. The predicted molar refractivity (Wildman–Crippen MR) is 153 cm³/mol. The van der Waals surface area contributed by atoms with Gasteiger partial charge >= 0.3 is 15.2 Å². The lowest BCUT2D eigenvalue weighted by atomic mass is 9.87. The second-order valence-electron chi connectivity index (χ2n) is 10.4. The first kappa shape index (κ1) is 33.3. The smallest absolute Gasteiger partial charge is 0.340 e. The number of anilines is 1. The van der Waals surface area contributed by atoms with Crippen molar-refractivity contribution >= 4 is 43.8 Å². The van der Waals surface area contributed by atoms with Gasteiger partial charge in [-0.3, -0.25) is 13.7 Å². The van der Waals surface area contributed by atoms with Crippen LogP contribution in [0.1, 0.15) is 45.0 Å². The maximum atomic E-state index is 11.9. The first-order valence-electron chi connectivity index (χ1n) is 12.4. The molecule has 17 heteroatoms. The molecule has 1 aromatic carbocycles. The summed E-state index contributed by atoms with van der Waals surface area (Å²) in [4.78, 5) is 40.1. The molecular formula is C24H34ClN5O9P2. The van der Waals surface area contributed by atoms with Crippen LogP contribution in [-0.2, 0) is 25.6 Å². The summed E-state index contributed by atoms with van der Waals surface area (Å²) in [5, 5.41) is 35.2. The van der Waals surface area contributed by atoms with Crippen LogP contribution in [0.25, 0.3) is 11.2 Å². The predicted octanol–water partition coefficient (Wildman–Crippen LogP) is 2.89. The zero-order valence-corrected chi connectivity index (χ0v) is 25.3. The average Bonchev–Trinajstić information content (AvgIpc) is 3.28. The van der Waals surface area contributed by atoms with Crippen molar-refractivity contribution in [3.63, 3.8) is 0 Å². The van der Waals surface area contributed by atoms with Crippen LogP contribution in [0.5, 0.6) is 0 Å². The van der Waals surface area contributed by atoms with E-state index >= 15 is 0 Å². The Balaban J connectivity index is 1.76. The number of halogens is 1. The molecule has 2 aromatic heterocycles. The third-order valence-electron chi connectivity index (χ3n) is 6.13. The van der Waals surface area contributed by atoms with Crippen LogP contribution in [0.15, 0.2) is 42.2 Å². The highest BCUT2D eigenvalue weighted by molar-refractivity contribution is 7.70. The van der Waals surface area contributed by atoms with Gasteiger partial charge in [-0.25, -0.2) is 4.98 Å². The van der Waals surface area contributed by atoms with Gasteiger partial charge < -0.3 is 39.8 Å². The molecule has 0 aliphatic heterocycles. The number of imidazole rings is 1. The summed E-state index contributed by atoms with van der Waals surface area (Å²) < 4.78 is 28.8. The third kappa shape index (κ3) is 8.89. The fraction of sp³-hybridized carbons (Fsp3) is 0.458. The number of fused-ring (bicyclic) bond motifs is 1. The van der Waals surface area contributed by atoms with Crippen LogP contribution in [0.3, 0.4) is 0 Å². The van der Waals surface area contributed by atoms with Crippen LogP contribution in [0.4, 0.5) is 5.82 Å². The molecule has 0 aliphatic rings. The summed E-state index contributed by atoms with van der Waals surface area (Å²) in [5.74, 6) is -1.15. The summed E-state index contributed by atoms with van der Waals surface area (Å²) in [6, 6.07) is 8.05. The Bertz CT molecular complexity index is 1490. The van der Waals surface area contributed by atoms with E-state index in [1.165, 1.54) is 24.9 Å². The Morgan fingerprint density at radius 3 is 2.32 bits per heavy atom. The minimum atomic E-state index is -4.86. The molecule has 0 radical (unpaired) electrons. The van der Waals surface area contributed by atoms with Crippen molar-refractivity contribution in [2.75, 3.05) is 17.8 Å². The van der Waals surface area contributed by atoms with Crippen molar-refractivity contribution in [2.24, 2.45) is 0 Å². The van der Waals surface area contributed by atoms with Gasteiger partial charge in [0.1, 0.15) is 12.2 Å². The summed E-state index contributed by atoms with van der Waals surface area (Å²) >= 11 is 6.13. The van der Waals surface area contributed by atoms with Crippen molar-refractivity contribution in [1.82, 2.24) is 19.5 Å². The third-order valence-corrected chi connectivity index (χ3v) is 9.74. The van der Waals surface area contributed by atoms with Gasteiger partial charge in [0.15, 0.2) is 29.1 Å². The summed E-state index contributed by atoms with van der Waals surface area (Å²) in [6.45, 7) is 7.43. The maximum Gasteiger partial charge on any atom is 0.340 e. The molecule has 4 atom stereocenters. The van der Waals surface area contributed by atoms with Crippen LogP contribution >= 0.6 is 26.8 Å². The molecule has 3 rings (SSSR count). The second-order valence-corrected chi connectivity index (χ2v) is 14.7. The molecule has 0 fully saturated rings. The van der Waals surface area contributed by atoms with Crippen molar-refractivity contribution < 1.29 is 43.7 Å². The number of allylic oxidation sites excluding steroid dienone is 1. The number of rotatable bonds is 12. The van der Waals surface area contributed by atoms with Crippen molar-refractivity contribution in [3.8, 4) is 0 Å². The molecular weight excluding hydrogens is 600 g/mol. The average molecular weight is 634 g/mol. The first-order chi connectivity index (χ1) is 18.9. The van der Waals surface area contributed by atoms with Gasteiger partial charge in [-0.2, -0.15) is 9.97 Å². The van der Waals surface area contributed by atoms with E-state index in [9.17, 15) is 29.3 Å².